The normalized spacial score (nSPS) is 11.8. The number of esters is 1. The van der Waals surface area contributed by atoms with Crippen LogP contribution in [0.25, 0.3) is 0 Å². The second kappa shape index (κ2) is 12.2. The number of rotatable bonds is 12. The van der Waals surface area contributed by atoms with E-state index < -0.39 is 24.5 Å². The van der Waals surface area contributed by atoms with Crippen LogP contribution in [0.2, 0.25) is 0 Å². The first-order valence-electron chi connectivity index (χ1n) is 11.0. The third kappa shape index (κ3) is 6.60. The summed E-state index contributed by atoms with van der Waals surface area (Å²) in [5.41, 5.74) is 2.48. The van der Waals surface area contributed by atoms with Gasteiger partial charge in [0.2, 0.25) is 5.78 Å². The molecule has 1 aromatic heterocycles. The molecule has 0 fully saturated rings. The maximum atomic E-state index is 12.8. The van der Waals surface area contributed by atoms with E-state index in [1.54, 1.807) is 45.2 Å². The number of ketones is 1. The molecule has 1 unspecified atom stereocenters. The number of hydrogen-bond acceptors (Lipinski definition) is 7. The molecule has 2 aromatic rings. The van der Waals surface area contributed by atoms with Crippen molar-refractivity contribution in [2.24, 2.45) is 5.92 Å². The van der Waals surface area contributed by atoms with E-state index in [0.29, 0.717) is 30.2 Å². The molecule has 0 spiro atoms. The molecule has 0 radical (unpaired) electrons. The Morgan fingerprint density at radius 1 is 0.971 bits per heavy atom. The van der Waals surface area contributed by atoms with E-state index in [0.717, 1.165) is 11.4 Å². The highest BCUT2D eigenvalue weighted by Gasteiger charge is 2.28. The summed E-state index contributed by atoms with van der Waals surface area (Å²) in [5.74, 6) is -0.848. The Bertz CT molecular complexity index is 1000. The molecule has 2 rings (SSSR count). The maximum Gasteiger partial charge on any atom is 0.329 e. The molecule has 0 aliphatic rings. The number of amides is 1. The fourth-order valence-corrected chi connectivity index (χ4v) is 3.58. The first kappa shape index (κ1) is 26.9. The van der Waals surface area contributed by atoms with Crippen LogP contribution in [0.15, 0.2) is 24.3 Å². The number of nitrogens with zero attached hydrogens (tertiary/aromatic N) is 1. The second-order valence-electron chi connectivity index (χ2n) is 8.26. The van der Waals surface area contributed by atoms with Crippen molar-refractivity contribution < 1.29 is 33.3 Å². The number of hydrogen-bond donors (Lipinski definition) is 1. The lowest BCUT2D eigenvalue weighted by molar-refractivity contribution is -0.145. The van der Waals surface area contributed by atoms with Crippen LogP contribution in [0.1, 0.15) is 46.0 Å². The molecule has 1 aromatic carbocycles. The van der Waals surface area contributed by atoms with Gasteiger partial charge < -0.3 is 28.8 Å². The van der Waals surface area contributed by atoms with Crippen molar-refractivity contribution in [1.29, 1.82) is 0 Å². The molecule has 34 heavy (non-hydrogen) atoms. The third-order valence-corrected chi connectivity index (χ3v) is 5.56. The molecule has 1 amide bonds. The Labute approximate surface area is 200 Å². The van der Waals surface area contributed by atoms with Crippen molar-refractivity contribution in [3.8, 4) is 11.5 Å². The number of nitrogens with one attached hydrogen (secondary N) is 1. The molecule has 0 bridgehead atoms. The van der Waals surface area contributed by atoms with E-state index in [1.807, 2.05) is 18.4 Å². The predicted molar refractivity (Wildman–Crippen MR) is 127 cm³/mol. The van der Waals surface area contributed by atoms with Crippen LogP contribution in [-0.4, -0.2) is 62.8 Å². The van der Waals surface area contributed by atoms with Gasteiger partial charge in [0, 0.05) is 42.2 Å². The number of carbonyl (C=O) groups excluding carboxylic acids is 3. The fourth-order valence-electron chi connectivity index (χ4n) is 3.58. The first-order valence-corrected chi connectivity index (χ1v) is 11.0. The van der Waals surface area contributed by atoms with Crippen molar-refractivity contribution in [3.63, 3.8) is 0 Å². The van der Waals surface area contributed by atoms with Crippen molar-refractivity contribution in [2.45, 2.75) is 40.3 Å². The van der Waals surface area contributed by atoms with Gasteiger partial charge in [0.1, 0.15) is 17.5 Å². The zero-order valence-corrected chi connectivity index (χ0v) is 20.9. The average molecular weight is 475 g/mol. The van der Waals surface area contributed by atoms with Gasteiger partial charge in [0.15, 0.2) is 6.61 Å². The summed E-state index contributed by atoms with van der Waals surface area (Å²) in [6.45, 7) is 8.04. The highest BCUT2D eigenvalue weighted by Crippen LogP contribution is 2.23. The van der Waals surface area contributed by atoms with Gasteiger partial charge in [0.05, 0.1) is 20.8 Å². The molecule has 9 heteroatoms. The lowest BCUT2D eigenvalue weighted by Crippen LogP contribution is -2.45. The first-order chi connectivity index (χ1) is 16.1. The molecule has 0 aliphatic carbocycles. The number of aryl methyl sites for hydroxylation is 1. The summed E-state index contributed by atoms with van der Waals surface area (Å²) in [7, 11) is 4.59. The van der Waals surface area contributed by atoms with Gasteiger partial charge in [-0.15, -0.1) is 0 Å². The molecule has 186 valence electrons. The van der Waals surface area contributed by atoms with Crippen LogP contribution in [0.5, 0.6) is 11.5 Å². The molecule has 0 saturated carbocycles. The molecule has 1 atom stereocenters. The third-order valence-electron chi connectivity index (χ3n) is 5.56. The van der Waals surface area contributed by atoms with Gasteiger partial charge in [0.25, 0.3) is 5.91 Å². The molecule has 1 N–H and O–H groups in total. The largest absolute Gasteiger partial charge is 0.497 e. The number of Topliss-reactive ketones (excluding diaryl/α,β-unsaturated/α-hetero) is 1. The summed E-state index contributed by atoms with van der Waals surface area (Å²) in [5, 5.41) is 2.69. The zero-order chi connectivity index (χ0) is 25.4. The SMILES string of the molecule is COCCn1c(C)cc(C(=O)COC(=O)C(NC(=O)c2cc(OC)cc(OC)c2)C(C)C)c1C. The quantitative estimate of drug-likeness (QED) is 0.372. The Balaban J connectivity index is 2.08. The molecular formula is C25H34N2O7. The topological polar surface area (TPSA) is 105 Å². The van der Waals surface area contributed by atoms with Crippen molar-refractivity contribution in [3.05, 3.63) is 46.8 Å². The highest BCUT2D eigenvalue weighted by atomic mass is 16.5. The van der Waals surface area contributed by atoms with Crippen LogP contribution < -0.4 is 14.8 Å². The van der Waals surface area contributed by atoms with Crippen molar-refractivity contribution in [2.75, 3.05) is 34.5 Å². The molecule has 9 nitrogen and oxygen atoms in total. The number of benzene rings is 1. The number of carbonyl (C=O) groups is 3. The van der Waals surface area contributed by atoms with E-state index in [9.17, 15) is 14.4 Å². The van der Waals surface area contributed by atoms with Gasteiger partial charge in [-0.2, -0.15) is 0 Å². The highest BCUT2D eigenvalue weighted by molar-refractivity contribution is 6.00. The number of methoxy groups -OCH3 is 3. The molecule has 1 heterocycles. The van der Waals surface area contributed by atoms with Crippen LogP contribution in [0, 0.1) is 19.8 Å². The predicted octanol–water partition coefficient (Wildman–Crippen LogP) is 2.95. The van der Waals surface area contributed by atoms with Crippen LogP contribution in [-0.2, 0) is 20.8 Å². The Hall–Kier alpha value is -3.33. The summed E-state index contributed by atoms with van der Waals surface area (Å²) in [6.07, 6.45) is 0. The molecule has 0 aliphatic heterocycles. The summed E-state index contributed by atoms with van der Waals surface area (Å²) < 4.78 is 22.8. The van der Waals surface area contributed by atoms with Crippen molar-refractivity contribution in [1.82, 2.24) is 9.88 Å². The van der Waals surface area contributed by atoms with Gasteiger partial charge in [-0.25, -0.2) is 4.79 Å². The Morgan fingerprint density at radius 2 is 1.59 bits per heavy atom. The van der Waals surface area contributed by atoms with E-state index in [-0.39, 0.29) is 17.3 Å². The van der Waals surface area contributed by atoms with Gasteiger partial charge >= 0.3 is 5.97 Å². The minimum absolute atomic E-state index is 0.266. The molecular weight excluding hydrogens is 440 g/mol. The smallest absolute Gasteiger partial charge is 0.329 e. The zero-order valence-electron chi connectivity index (χ0n) is 20.9. The standard InChI is InChI=1S/C25H34N2O7/c1-15(2)23(26-24(29)18-11-19(32-6)13-20(12-18)33-7)25(30)34-14-22(28)21-10-16(3)27(17(21)4)8-9-31-5/h10-13,15,23H,8-9,14H2,1-7H3,(H,26,29). The van der Waals surface area contributed by atoms with Crippen molar-refractivity contribution >= 4 is 17.7 Å². The Kier molecular flexibility index (Phi) is 9.68. The minimum atomic E-state index is -0.938. The van der Waals surface area contributed by atoms with Gasteiger partial charge in [-0.3, -0.25) is 9.59 Å². The lowest BCUT2D eigenvalue weighted by Gasteiger charge is -2.21. The van der Waals surface area contributed by atoms with Crippen LogP contribution in [0.3, 0.4) is 0 Å². The monoisotopic (exact) mass is 474 g/mol. The maximum absolute atomic E-state index is 12.8. The van der Waals surface area contributed by atoms with Gasteiger partial charge in [-0.1, -0.05) is 13.8 Å². The van der Waals surface area contributed by atoms with E-state index in [2.05, 4.69) is 5.32 Å². The van der Waals surface area contributed by atoms with E-state index in [4.69, 9.17) is 18.9 Å². The second-order valence-corrected chi connectivity index (χ2v) is 8.26. The molecule has 0 saturated heterocycles. The van der Waals surface area contributed by atoms with Gasteiger partial charge in [-0.05, 0) is 38.0 Å². The van der Waals surface area contributed by atoms with E-state index >= 15 is 0 Å². The Morgan fingerprint density at radius 3 is 2.12 bits per heavy atom. The summed E-state index contributed by atoms with van der Waals surface area (Å²) in [6, 6.07) is 5.57. The van der Waals surface area contributed by atoms with Crippen LogP contribution >= 0.6 is 0 Å². The summed E-state index contributed by atoms with van der Waals surface area (Å²) in [4.78, 5) is 38.3. The minimum Gasteiger partial charge on any atom is -0.497 e. The van der Waals surface area contributed by atoms with E-state index in [1.165, 1.54) is 14.2 Å². The number of ether oxygens (including phenoxy) is 4. The average Bonchev–Trinajstić information content (AvgIpc) is 3.11. The lowest BCUT2D eigenvalue weighted by atomic mass is 10.0. The van der Waals surface area contributed by atoms with Crippen LogP contribution in [0.4, 0.5) is 0 Å². The number of aromatic nitrogens is 1. The summed E-state index contributed by atoms with van der Waals surface area (Å²) >= 11 is 0. The fraction of sp³-hybridized carbons (Fsp3) is 0.480.